The first-order valence-electron chi connectivity index (χ1n) is 7.03. The predicted molar refractivity (Wildman–Crippen MR) is 86.6 cm³/mol. The van der Waals surface area contributed by atoms with Gasteiger partial charge in [0.05, 0.1) is 11.5 Å². The highest BCUT2D eigenvalue weighted by Gasteiger charge is 2.07. The molecule has 1 aromatic carbocycles. The Morgan fingerprint density at radius 1 is 1.05 bits per heavy atom. The number of carbonyl (C=O) groups is 2. The standard InChI is InChI=1S/C16H18N2O3S/c1-2-21-13-7-5-12(6-8-13)15(19)17-9-10-18-16(20)14-4-3-11-22-14/h3-8,11H,2,9-10H2,1H3,(H,17,19)(H,18,20). The normalized spacial score (nSPS) is 10.0. The molecule has 1 aromatic heterocycles. The minimum Gasteiger partial charge on any atom is -0.494 e. The lowest BCUT2D eigenvalue weighted by molar-refractivity contribution is 0.0929. The van der Waals surface area contributed by atoms with E-state index in [0.717, 1.165) is 5.75 Å². The summed E-state index contributed by atoms with van der Waals surface area (Å²) in [5, 5.41) is 7.36. The molecule has 22 heavy (non-hydrogen) atoms. The summed E-state index contributed by atoms with van der Waals surface area (Å²) in [5.74, 6) is 0.445. The van der Waals surface area contributed by atoms with E-state index < -0.39 is 0 Å². The fourth-order valence-electron chi connectivity index (χ4n) is 1.82. The van der Waals surface area contributed by atoms with Gasteiger partial charge in [-0.05, 0) is 42.6 Å². The lowest BCUT2D eigenvalue weighted by Gasteiger charge is -2.07. The Hall–Kier alpha value is -2.34. The van der Waals surface area contributed by atoms with E-state index in [0.29, 0.717) is 30.1 Å². The fourth-order valence-corrected chi connectivity index (χ4v) is 2.46. The smallest absolute Gasteiger partial charge is 0.261 e. The predicted octanol–water partition coefficient (Wildman–Crippen LogP) is 2.31. The Balaban J connectivity index is 1.72. The van der Waals surface area contributed by atoms with Gasteiger partial charge in [-0.3, -0.25) is 9.59 Å². The van der Waals surface area contributed by atoms with Crippen molar-refractivity contribution in [3.63, 3.8) is 0 Å². The van der Waals surface area contributed by atoms with Crippen LogP contribution in [-0.2, 0) is 0 Å². The van der Waals surface area contributed by atoms with Gasteiger partial charge in [-0.2, -0.15) is 0 Å². The van der Waals surface area contributed by atoms with Crippen LogP contribution in [0.25, 0.3) is 0 Å². The summed E-state index contributed by atoms with van der Waals surface area (Å²) in [6.07, 6.45) is 0. The van der Waals surface area contributed by atoms with E-state index in [4.69, 9.17) is 4.74 Å². The van der Waals surface area contributed by atoms with Crippen molar-refractivity contribution in [3.8, 4) is 5.75 Å². The second kappa shape index (κ2) is 8.19. The van der Waals surface area contributed by atoms with Crippen LogP contribution in [0.4, 0.5) is 0 Å². The van der Waals surface area contributed by atoms with Crippen LogP contribution >= 0.6 is 11.3 Å². The molecule has 0 bridgehead atoms. The Labute approximate surface area is 133 Å². The average Bonchev–Trinajstić information content (AvgIpc) is 3.06. The van der Waals surface area contributed by atoms with Crippen LogP contribution in [0.5, 0.6) is 5.75 Å². The molecular weight excluding hydrogens is 300 g/mol. The van der Waals surface area contributed by atoms with Crippen molar-refractivity contribution in [1.82, 2.24) is 10.6 Å². The Kier molecular flexibility index (Phi) is 5.97. The molecule has 1 heterocycles. The number of thiophene rings is 1. The molecule has 0 radical (unpaired) electrons. The molecule has 2 aromatic rings. The highest BCUT2D eigenvalue weighted by Crippen LogP contribution is 2.11. The molecule has 0 fully saturated rings. The number of amides is 2. The molecule has 2 N–H and O–H groups in total. The van der Waals surface area contributed by atoms with Crippen LogP contribution in [-0.4, -0.2) is 31.5 Å². The molecule has 0 aliphatic carbocycles. The molecule has 0 unspecified atom stereocenters. The zero-order chi connectivity index (χ0) is 15.8. The number of rotatable bonds is 7. The third-order valence-electron chi connectivity index (χ3n) is 2.87. The monoisotopic (exact) mass is 318 g/mol. The van der Waals surface area contributed by atoms with Gasteiger partial charge in [0, 0.05) is 18.7 Å². The third-order valence-corrected chi connectivity index (χ3v) is 3.74. The van der Waals surface area contributed by atoms with Crippen LogP contribution in [0, 0.1) is 0 Å². The van der Waals surface area contributed by atoms with Gasteiger partial charge in [0.25, 0.3) is 11.8 Å². The van der Waals surface area contributed by atoms with Gasteiger partial charge in [0.2, 0.25) is 0 Å². The minimum absolute atomic E-state index is 0.120. The molecule has 0 aliphatic heterocycles. The number of ether oxygens (including phenoxy) is 1. The van der Waals surface area contributed by atoms with Gasteiger partial charge >= 0.3 is 0 Å². The first-order chi connectivity index (χ1) is 10.7. The molecule has 0 saturated heterocycles. The fraction of sp³-hybridized carbons (Fsp3) is 0.250. The van der Waals surface area contributed by atoms with Crippen molar-refractivity contribution in [1.29, 1.82) is 0 Å². The van der Waals surface area contributed by atoms with Gasteiger partial charge in [0.1, 0.15) is 5.75 Å². The highest BCUT2D eigenvalue weighted by atomic mass is 32.1. The zero-order valence-corrected chi connectivity index (χ0v) is 13.1. The Bertz CT molecular complexity index is 609. The number of carbonyl (C=O) groups excluding carboxylic acids is 2. The van der Waals surface area contributed by atoms with Gasteiger partial charge in [-0.1, -0.05) is 6.07 Å². The van der Waals surface area contributed by atoms with Gasteiger partial charge in [-0.25, -0.2) is 0 Å². The van der Waals surface area contributed by atoms with Crippen molar-refractivity contribution in [2.75, 3.05) is 19.7 Å². The van der Waals surface area contributed by atoms with Gasteiger partial charge < -0.3 is 15.4 Å². The summed E-state index contributed by atoms with van der Waals surface area (Å²) >= 11 is 1.39. The van der Waals surface area contributed by atoms with Crippen LogP contribution in [0.1, 0.15) is 27.0 Å². The SMILES string of the molecule is CCOc1ccc(C(=O)NCCNC(=O)c2cccs2)cc1. The summed E-state index contributed by atoms with van der Waals surface area (Å²) in [6, 6.07) is 10.5. The number of hydrogen-bond acceptors (Lipinski definition) is 4. The van der Waals surface area contributed by atoms with Crippen LogP contribution < -0.4 is 15.4 Å². The maximum atomic E-state index is 11.9. The summed E-state index contributed by atoms with van der Waals surface area (Å²) in [5.41, 5.74) is 0.563. The second-order valence-electron chi connectivity index (χ2n) is 4.45. The summed E-state index contributed by atoms with van der Waals surface area (Å²) in [6.45, 7) is 3.27. The van der Waals surface area contributed by atoms with Crippen LogP contribution in [0.3, 0.4) is 0 Å². The molecular formula is C16H18N2O3S. The number of nitrogens with one attached hydrogen (secondary N) is 2. The average molecular weight is 318 g/mol. The zero-order valence-electron chi connectivity index (χ0n) is 12.3. The van der Waals surface area contributed by atoms with E-state index in [1.54, 1.807) is 30.3 Å². The molecule has 6 heteroatoms. The Morgan fingerprint density at radius 3 is 2.32 bits per heavy atom. The molecule has 0 spiro atoms. The van der Waals surface area contributed by atoms with Crippen molar-refractivity contribution >= 4 is 23.2 Å². The van der Waals surface area contributed by atoms with E-state index in [2.05, 4.69) is 10.6 Å². The van der Waals surface area contributed by atoms with Gasteiger partial charge in [0.15, 0.2) is 0 Å². The van der Waals surface area contributed by atoms with Gasteiger partial charge in [-0.15, -0.1) is 11.3 Å². The van der Waals surface area contributed by atoms with E-state index in [1.807, 2.05) is 18.4 Å². The summed E-state index contributed by atoms with van der Waals surface area (Å²) < 4.78 is 5.32. The van der Waals surface area contributed by atoms with E-state index >= 15 is 0 Å². The van der Waals surface area contributed by atoms with E-state index in [-0.39, 0.29) is 11.8 Å². The number of hydrogen-bond donors (Lipinski definition) is 2. The summed E-state index contributed by atoms with van der Waals surface area (Å²) in [7, 11) is 0. The maximum absolute atomic E-state index is 11.9. The highest BCUT2D eigenvalue weighted by molar-refractivity contribution is 7.12. The lowest BCUT2D eigenvalue weighted by Crippen LogP contribution is -2.34. The maximum Gasteiger partial charge on any atom is 0.261 e. The van der Waals surface area contributed by atoms with E-state index in [9.17, 15) is 9.59 Å². The number of benzene rings is 1. The van der Waals surface area contributed by atoms with Crippen molar-refractivity contribution in [3.05, 3.63) is 52.2 Å². The molecule has 116 valence electrons. The molecule has 0 saturated carbocycles. The largest absolute Gasteiger partial charge is 0.494 e. The van der Waals surface area contributed by atoms with E-state index in [1.165, 1.54) is 11.3 Å². The third kappa shape index (κ3) is 4.60. The molecule has 2 rings (SSSR count). The topological polar surface area (TPSA) is 67.4 Å². The van der Waals surface area contributed by atoms with Crippen LogP contribution in [0.2, 0.25) is 0 Å². The Morgan fingerprint density at radius 2 is 1.73 bits per heavy atom. The molecule has 2 amide bonds. The molecule has 5 nitrogen and oxygen atoms in total. The summed E-state index contributed by atoms with van der Waals surface area (Å²) in [4.78, 5) is 24.3. The minimum atomic E-state index is -0.173. The van der Waals surface area contributed by atoms with Crippen molar-refractivity contribution in [2.24, 2.45) is 0 Å². The quantitative estimate of drug-likeness (QED) is 0.770. The van der Waals surface area contributed by atoms with Crippen molar-refractivity contribution < 1.29 is 14.3 Å². The molecule has 0 aliphatic rings. The van der Waals surface area contributed by atoms with Crippen LogP contribution in [0.15, 0.2) is 41.8 Å². The van der Waals surface area contributed by atoms with Crippen molar-refractivity contribution in [2.45, 2.75) is 6.92 Å². The second-order valence-corrected chi connectivity index (χ2v) is 5.39. The first-order valence-corrected chi connectivity index (χ1v) is 7.91. The lowest BCUT2D eigenvalue weighted by atomic mass is 10.2. The molecule has 0 atom stereocenters. The first kappa shape index (κ1) is 16.0.